The number of carbonyl (C=O) groups is 3. The summed E-state index contributed by atoms with van der Waals surface area (Å²) in [5.74, 6) is -0.844. The lowest BCUT2D eigenvalue weighted by Gasteiger charge is -2.35. The van der Waals surface area contributed by atoms with Gasteiger partial charge in [-0.1, -0.05) is 11.6 Å². The summed E-state index contributed by atoms with van der Waals surface area (Å²) < 4.78 is 10.3. The number of H-pyrrole nitrogens is 1. The Morgan fingerprint density at radius 1 is 1.20 bits per heavy atom. The molecule has 11 nitrogen and oxygen atoms in total. The first-order chi connectivity index (χ1) is 19.7. The highest BCUT2D eigenvalue weighted by Crippen LogP contribution is 2.25. The zero-order valence-corrected chi connectivity index (χ0v) is 25.0. The first-order valence-corrected chi connectivity index (χ1v) is 14.6. The maximum atomic E-state index is 12.8. The maximum Gasteiger partial charge on any atom is 0.280 e. The molecule has 4 heterocycles. The molecule has 1 fully saturated rings. The van der Waals surface area contributed by atoms with Crippen LogP contribution in [0.4, 0.5) is 0 Å². The number of likely N-dealkylation sites (N-methyl/N-ethyl adjacent to an activating group) is 1. The van der Waals surface area contributed by atoms with E-state index >= 15 is 0 Å². The van der Waals surface area contributed by atoms with Crippen molar-refractivity contribution in [1.29, 1.82) is 0 Å². The number of benzene rings is 1. The lowest BCUT2D eigenvalue weighted by Crippen LogP contribution is -2.51. The van der Waals surface area contributed by atoms with Crippen molar-refractivity contribution >= 4 is 40.0 Å². The van der Waals surface area contributed by atoms with Crippen molar-refractivity contribution in [3.8, 4) is 0 Å². The molecule has 0 bridgehead atoms. The van der Waals surface area contributed by atoms with Crippen LogP contribution in [0.25, 0.3) is 10.9 Å². The van der Waals surface area contributed by atoms with Gasteiger partial charge in [-0.05, 0) is 45.0 Å². The van der Waals surface area contributed by atoms with Crippen LogP contribution in [0.15, 0.2) is 24.3 Å². The minimum Gasteiger partial charge on any atom is -0.384 e. The second-order valence-corrected chi connectivity index (χ2v) is 11.8. The highest BCUT2D eigenvalue weighted by Gasteiger charge is 2.30. The molecular weight excluding hydrogens is 544 g/mol. The van der Waals surface area contributed by atoms with Crippen LogP contribution in [0.2, 0.25) is 0 Å². The number of carbonyl (C=O) groups excluding carboxylic acids is 3. The van der Waals surface area contributed by atoms with Crippen LogP contribution < -0.4 is 11.1 Å². The van der Waals surface area contributed by atoms with Gasteiger partial charge in [0.2, 0.25) is 5.91 Å². The molecule has 2 aliphatic rings. The Bertz CT molecular complexity index is 1360. The second-order valence-electron chi connectivity index (χ2n) is 10.7. The average Bonchev–Trinajstić information content (AvgIpc) is 3.57. The summed E-state index contributed by atoms with van der Waals surface area (Å²) in [7, 11) is 5.25. The predicted molar refractivity (Wildman–Crippen MR) is 158 cm³/mol. The Morgan fingerprint density at radius 2 is 1.95 bits per heavy atom. The number of primary amides is 1. The Balaban J connectivity index is 0.000000247. The van der Waals surface area contributed by atoms with E-state index in [0.29, 0.717) is 37.0 Å². The van der Waals surface area contributed by atoms with E-state index in [1.807, 2.05) is 30.0 Å². The van der Waals surface area contributed by atoms with Gasteiger partial charge < -0.3 is 35.3 Å². The molecule has 4 N–H and O–H groups in total. The predicted octanol–water partition coefficient (Wildman–Crippen LogP) is 2.34. The number of ether oxygens (including phenoxy) is 2. The van der Waals surface area contributed by atoms with E-state index in [4.69, 9.17) is 15.2 Å². The molecule has 1 saturated heterocycles. The van der Waals surface area contributed by atoms with Crippen LogP contribution in [-0.2, 0) is 27.2 Å². The molecule has 1 aromatic carbocycles. The number of thiazole rings is 1. The number of nitrogens with one attached hydrogen (secondary N) is 2. The number of nitrogens with two attached hydrogens (primary N) is 1. The van der Waals surface area contributed by atoms with Gasteiger partial charge in [-0.25, -0.2) is 4.98 Å². The molecule has 0 aliphatic carbocycles. The number of hydrogen-bond donors (Lipinski definition) is 3. The Kier molecular flexibility index (Phi) is 10.5. The molecule has 3 aromatic rings. The van der Waals surface area contributed by atoms with E-state index in [9.17, 15) is 14.4 Å². The Labute approximate surface area is 244 Å². The highest BCUT2D eigenvalue weighted by molar-refractivity contribution is 7.13. The largest absolute Gasteiger partial charge is 0.384 e. The number of nitrogens with zero attached hydrogens (tertiary/aromatic N) is 3. The number of piperidine rings is 1. The first-order valence-electron chi connectivity index (χ1n) is 13.8. The van der Waals surface area contributed by atoms with Crippen molar-refractivity contribution < 1.29 is 23.9 Å². The van der Waals surface area contributed by atoms with Gasteiger partial charge in [0.1, 0.15) is 5.69 Å². The molecule has 0 spiro atoms. The van der Waals surface area contributed by atoms with E-state index < -0.39 is 5.91 Å². The molecule has 0 radical (unpaired) electrons. The van der Waals surface area contributed by atoms with E-state index in [1.165, 1.54) is 21.8 Å². The standard InChI is InChI=1S/C19H30N4O4S.C10H10N2O/c1-22-8-6-15-16(10-22)28-18(21-15)17(24)20-14-5-4-7-23(9-14)19(25)13(11-26-2)12-27-3;1-6-2-3-8-7(4-6)5-9(12-8)10(11)13/h13-14H,4-12H2,1-3H3,(H,20,24);2-5,12H,1H3,(H2,11,13)/t14-;/m0./s1. The molecule has 0 unspecified atom stereocenters. The Hall–Kier alpha value is -3.32. The van der Waals surface area contributed by atoms with Crippen molar-refractivity contribution in [3.05, 3.63) is 51.1 Å². The van der Waals surface area contributed by atoms with Crippen molar-refractivity contribution in [2.45, 2.75) is 38.8 Å². The van der Waals surface area contributed by atoms with E-state index in [0.717, 1.165) is 48.9 Å². The number of amides is 3. The average molecular weight is 585 g/mol. The number of aryl methyl sites for hydroxylation is 1. The normalized spacial score (nSPS) is 17.2. The third-order valence-electron chi connectivity index (χ3n) is 7.31. The third kappa shape index (κ3) is 7.91. The summed E-state index contributed by atoms with van der Waals surface area (Å²) in [4.78, 5) is 49.1. The van der Waals surface area contributed by atoms with Crippen LogP contribution in [0, 0.1) is 12.8 Å². The summed E-state index contributed by atoms with van der Waals surface area (Å²) in [6.45, 7) is 5.72. The quantitative estimate of drug-likeness (QED) is 0.369. The fourth-order valence-electron chi connectivity index (χ4n) is 5.20. The number of aromatic amines is 1. The monoisotopic (exact) mass is 584 g/mol. The van der Waals surface area contributed by atoms with Crippen molar-refractivity contribution in [1.82, 2.24) is 25.1 Å². The first kappa shape index (κ1) is 30.6. The SMILES string of the molecule is COCC(COC)C(=O)N1CCC[C@H](NC(=O)c2nc3c(s2)CN(C)CC3)C1.Cc1ccc2[nH]c(C(N)=O)cc2c1. The van der Waals surface area contributed by atoms with Gasteiger partial charge >= 0.3 is 0 Å². The highest BCUT2D eigenvalue weighted by atomic mass is 32.1. The maximum absolute atomic E-state index is 12.8. The summed E-state index contributed by atoms with van der Waals surface area (Å²) in [5.41, 5.74) is 8.77. The topological polar surface area (TPSA) is 143 Å². The minimum atomic E-state index is -0.422. The van der Waals surface area contributed by atoms with E-state index in [1.54, 1.807) is 20.3 Å². The molecule has 2 aliphatic heterocycles. The summed E-state index contributed by atoms with van der Waals surface area (Å²) in [6, 6.07) is 7.66. The lowest BCUT2D eigenvalue weighted by molar-refractivity contribution is -0.140. The molecule has 12 heteroatoms. The molecule has 3 amide bonds. The molecule has 1 atom stereocenters. The molecule has 222 valence electrons. The molecular formula is C29H40N6O5S. The van der Waals surface area contributed by atoms with Gasteiger partial charge in [-0.2, -0.15) is 0 Å². The van der Waals surface area contributed by atoms with Gasteiger partial charge in [0.25, 0.3) is 11.8 Å². The Morgan fingerprint density at radius 3 is 2.66 bits per heavy atom. The molecule has 41 heavy (non-hydrogen) atoms. The number of rotatable bonds is 8. The number of hydrogen-bond acceptors (Lipinski definition) is 8. The number of methoxy groups -OCH3 is 2. The molecule has 2 aromatic heterocycles. The lowest BCUT2D eigenvalue weighted by atomic mass is 10.0. The fraction of sp³-hybridized carbons (Fsp3) is 0.517. The third-order valence-corrected chi connectivity index (χ3v) is 8.39. The van der Waals surface area contributed by atoms with Gasteiger partial charge in [-0.15, -0.1) is 11.3 Å². The van der Waals surface area contributed by atoms with Crippen LogP contribution >= 0.6 is 11.3 Å². The zero-order valence-electron chi connectivity index (χ0n) is 24.2. The van der Waals surface area contributed by atoms with Crippen molar-refractivity contribution in [2.24, 2.45) is 11.7 Å². The van der Waals surface area contributed by atoms with Gasteiger partial charge in [0.15, 0.2) is 5.01 Å². The van der Waals surface area contributed by atoms with Crippen molar-refractivity contribution in [3.63, 3.8) is 0 Å². The zero-order chi connectivity index (χ0) is 29.5. The van der Waals surface area contributed by atoms with Crippen LogP contribution in [0.1, 0.15) is 49.3 Å². The van der Waals surface area contributed by atoms with E-state index in [-0.39, 0.29) is 23.8 Å². The minimum absolute atomic E-state index is 0.0235. The summed E-state index contributed by atoms with van der Waals surface area (Å²) >= 11 is 1.48. The second kappa shape index (κ2) is 14.0. The van der Waals surface area contributed by atoms with Gasteiger partial charge in [0.05, 0.1) is 24.8 Å². The van der Waals surface area contributed by atoms with Crippen molar-refractivity contribution in [2.75, 3.05) is 54.1 Å². The summed E-state index contributed by atoms with van der Waals surface area (Å²) in [5, 5.41) is 4.63. The fourth-order valence-corrected chi connectivity index (χ4v) is 6.29. The van der Waals surface area contributed by atoms with E-state index in [2.05, 4.69) is 27.2 Å². The van der Waals surface area contributed by atoms with Crippen LogP contribution in [-0.4, -0.2) is 97.6 Å². The molecule has 5 rings (SSSR count). The molecule has 0 saturated carbocycles. The van der Waals surface area contributed by atoms with Gasteiger partial charge in [-0.3, -0.25) is 14.4 Å². The number of aromatic nitrogens is 2. The van der Waals surface area contributed by atoms with Crippen LogP contribution in [0.5, 0.6) is 0 Å². The van der Waals surface area contributed by atoms with Gasteiger partial charge in [0, 0.05) is 68.6 Å². The van der Waals surface area contributed by atoms with Crippen LogP contribution in [0.3, 0.4) is 0 Å². The number of likely N-dealkylation sites (tertiary alicyclic amines) is 1. The smallest absolute Gasteiger partial charge is 0.280 e. The number of fused-ring (bicyclic) bond motifs is 2. The summed E-state index contributed by atoms with van der Waals surface area (Å²) in [6.07, 6.45) is 2.62.